The molecular weight excluding hydrogens is 637 g/mol. The Hall–Kier alpha value is -5.67. The lowest BCUT2D eigenvalue weighted by Gasteiger charge is -2.27. The highest BCUT2D eigenvalue weighted by molar-refractivity contribution is 7.07. The molecule has 0 aliphatic carbocycles. The first kappa shape index (κ1) is 31.9. The van der Waals surface area contributed by atoms with Gasteiger partial charge in [0, 0.05) is 5.56 Å². The maximum atomic E-state index is 14.4. The average molecular weight is 671 g/mol. The molecule has 1 aromatic heterocycles. The number of benzene rings is 5. The largest absolute Gasteiger partial charge is 0.496 e. The highest BCUT2D eigenvalue weighted by Crippen LogP contribution is 2.40. The van der Waals surface area contributed by atoms with Crippen LogP contribution in [0.3, 0.4) is 0 Å². The van der Waals surface area contributed by atoms with Gasteiger partial charge in [-0.2, -0.15) is 0 Å². The number of hydrogen-bond donors (Lipinski definition) is 0. The van der Waals surface area contributed by atoms with Crippen LogP contribution in [0.25, 0.3) is 27.6 Å². The summed E-state index contributed by atoms with van der Waals surface area (Å²) in [5.41, 5.74) is 3.01. The van der Waals surface area contributed by atoms with Gasteiger partial charge in [-0.1, -0.05) is 90.2 Å². The van der Waals surface area contributed by atoms with E-state index in [4.69, 9.17) is 23.9 Å². The lowest BCUT2D eigenvalue weighted by Crippen LogP contribution is -2.40. The highest BCUT2D eigenvalue weighted by atomic mass is 32.1. The molecule has 0 N–H and O–H groups in total. The molecule has 0 radical (unpaired) electrons. The highest BCUT2D eigenvalue weighted by Gasteiger charge is 2.36. The van der Waals surface area contributed by atoms with Crippen LogP contribution in [0.4, 0.5) is 0 Å². The summed E-state index contributed by atoms with van der Waals surface area (Å²) in [7, 11) is 3.18. The molecule has 9 heteroatoms. The Morgan fingerprint density at radius 3 is 2.31 bits per heavy atom. The van der Waals surface area contributed by atoms with E-state index in [1.54, 1.807) is 32.6 Å². The van der Waals surface area contributed by atoms with Crippen LogP contribution >= 0.6 is 11.3 Å². The van der Waals surface area contributed by atoms with Gasteiger partial charge < -0.3 is 18.9 Å². The Balaban J connectivity index is 1.31. The number of rotatable bonds is 9. The molecule has 2 heterocycles. The Labute approximate surface area is 286 Å². The quantitative estimate of drug-likeness (QED) is 0.159. The van der Waals surface area contributed by atoms with Crippen molar-refractivity contribution < 1.29 is 23.7 Å². The predicted molar refractivity (Wildman–Crippen MR) is 192 cm³/mol. The number of fused-ring (bicyclic) bond motifs is 3. The standard InChI is InChI=1S/C40H34N2O6S/c1-5-47-39(44)35-24(2)41-40-42(37(35)36-30-16-9-7-12-27(30)18-20-32(36)45-3)38(43)34(49-40)22-25-17-19-31(33(21-25)46-4)48-23-28-14-10-13-26-11-6-8-15-29(26)28/h6-22,37H,5,23H2,1-4H3/b34-22-/t37-/m0/s1. The van der Waals surface area contributed by atoms with Crippen LogP contribution in [-0.2, 0) is 16.1 Å². The number of hydrogen-bond acceptors (Lipinski definition) is 8. The van der Waals surface area contributed by atoms with E-state index in [1.165, 1.54) is 11.3 Å². The molecule has 0 unspecified atom stereocenters. The average Bonchev–Trinajstić information content (AvgIpc) is 3.43. The number of carbonyl (C=O) groups is 1. The van der Waals surface area contributed by atoms with Crippen molar-refractivity contribution in [3.8, 4) is 17.2 Å². The Bertz CT molecular complexity index is 2450. The van der Waals surface area contributed by atoms with Gasteiger partial charge in [0.1, 0.15) is 18.4 Å². The van der Waals surface area contributed by atoms with Crippen LogP contribution in [0, 0.1) is 0 Å². The van der Waals surface area contributed by atoms with Gasteiger partial charge in [-0.05, 0) is 70.8 Å². The molecule has 0 spiro atoms. The number of thiazole rings is 1. The molecule has 1 aliphatic rings. The second-order valence-corrected chi connectivity index (χ2v) is 12.6. The number of esters is 1. The van der Waals surface area contributed by atoms with Crippen LogP contribution in [0.5, 0.6) is 17.2 Å². The van der Waals surface area contributed by atoms with E-state index < -0.39 is 12.0 Å². The Morgan fingerprint density at radius 2 is 1.55 bits per heavy atom. The molecule has 0 fully saturated rings. The third kappa shape index (κ3) is 5.87. The molecule has 246 valence electrons. The molecule has 49 heavy (non-hydrogen) atoms. The fourth-order valence-corrected chi connectivity index (χ4v) is 7.47. The molecule has 1 atom stereocenters. The summed E-state index contributed by atoms with van der Waals surface area (Å²) in [6.07, 6.45) is 1.81. The summed E-state index contributed by atoms with van der Waals surface area (Å²) in [6, 6.07) is 30.8. The molecule has 0 bridgehead atoms. The lowest BCUT2D eigenvalue weighted by atomic mass is 9.90. The minimum atomic E-state index is -0.821. The third-order valence-corrected chi connectivity index (χ3v) is 9.67. The zero-order chi connectivity index (χ0) is 34.1. The van der Waals surface area contributed by atoms with Crippen molar-refractivity contribution in [2.75, 3.05) is 20.8 Å². The van der Waals surface area contributed by atoms with Crippen molar-refractivity contribution >= 4 is 44.9 Å². The van der Waals surface area contributed by atoms with Gasteiger partial charge in [0.05, 0.1) is 36.6 Å². The molecule has 1 aliphatic heterocycles. The Kier molecular flexibility index (Phi) is 8.76. The van der Waals surface area contributed by atoms with E-state index in [-0.39, 0.29) is 12.2 Å². The third-order valence-electron chi connectivity index (χ3n) is 8.69. The maximum Gasteiger partial charge on any atom is 0.338 e. The summed E-state index contributed by atoms with van der Waals surface area (Å²) < 4.78 is 25.3. The van der Waals surface area contributed by atoms with Gasteiger partial charge in [-0.25, -0.2) is 9.79 Å². The minimum absolute atomic E-state index is 0.183. The molecule has 0 saturated heterocycles. The fraction of sp³-hybridized carbons (Fsp3) is 0.175. The second-order valence-electron chi connectivity index (χ2n) is 11.5. The number of methoxy groups -OCH3 is 2. The number of allylic oxidation sites excluding steroid dienone is 1. The first-order valence-corrected chi connectivity index (χ1v) is 16.8. The summed E-state index contributed by atoms with van der Waals surface area (Å²) in [6.45, 7) is 4.08. The normalized spacial score (nSPS) is 14.4. The van der Waals surface area contributed by atoms with Crippen molar-refractivity contribution in [1.29, 1.82) is 0 Å². The van der Waals surface area contributed by atoms with Gasteiger partial charge >= 0.3 is 5.97 Å². The smallest absolute Gasteiger partial charge is 0.338 e. The summed E-state index contributed by atoms with van der Waals surface area (Å²) >= 11 is 1.26. The van der Waals surface area contributed by atoms with Crippen LogP contribution in [0.2, 0.25) is 0 Å². The molecule has 0 amide bonds. The van der Waals surface area contributed by atoms with E-state index in [0.29, 0.717) is 50.0 Å². The molecule has 0 saturated carbocycles. The van der Waals surface area contributed by atoms with Crippen molar-refractivity contribution in [1.82, 2.24) is 4.57 Å². The van der Waals surface area contributed by atoms with Gasteiger partial charge in [-0.3, -0.25) is 9.36 Å². The van der Waals surface area contributed by atoms with Crippen molar-refractivity contribution in [3.05, 3.63) is 145 Å². The summed E-state index contributed by atoms with van der Waals surface area (Å²) in [5.74, 6) is 1.16. The van der Waals surface area contributed by atoms with Crippen LogP contribution < -0.4 is 29.1 Å². The molecule has 6 aromatic rings. The number of ether oxygens (including phenoxy) is 4. The van der Waals surface area contributed by atoms with Crippen LogP contribution in [-0.4, -0.2) is 31.4 Å². The lowest BCUT2D eigenvalue weighted by molar-refractivity contribution is -0.139. The fourth-order valence-electron chi connectivity index (χ4n) is 6.42. The van der Waals surface area contributed by atoms with Crippen LogP contribution in [0.1, 0.15) is 36.6 Å². The maximum absolute atomic E-state index is 14.4. The zero-order valence-electron chi connectivity index (χ0n) is 27.6. The first-order valence-electron chi connectivity index (χ1n) is 15.9. The van der Waals surface area contributed by atoms with E-state index in [9.17, 15) is 9.59 Å². The molecule has 7 rings (SSSR count). The van der Waals surface area contributed by atoms with Crippen molar-refractivity contribution in [2.45, 2.75) is 26.5 Å². The SMILES string of the molecule is CCOC(=O)C1=C(C)N=c2s/c(=C\c3ccc(OCc4cccc5ccccc45)c(OC)c3)c(=O)n2[C@@H]1c1c(OC)ccc2ccccc12. The van der Waals surface area contributed by atoms with Crippen molar-refractivity contribution in [2.24, 2.45) is 4.99 Å². The molecule has 8 nitrogen and oxygen atoms in total. The van der Waals surface area contributed by atoms with E-state index >= 15 is 0 Å². The number of aromatic nitrogens is 1. The van der Waals surface area contributed by atoms with Gasteiger partial charge in [-0.15, -0.1) is 0 Å². The number of carbonyl (C=O) groups excluding carboxylic acids is 1. The van der Waals surface area contributed by atoms with E-state index in [2.05, 4.69) is 24.3 Å². The van der Waals surface area contributed by atoms with Crippen LogP contribution in [0.15, 0.2) is 118 Å². The van der Waals surface area contributed by atoms with E-state index in [1.807, 2.05) is 78.9 Å². The number of nitrogens with zero attached hydrogens (tertiary/aromatic N) is 2. The van der Waals surface area contributed by atoms with Crippen molar-refractivity contribution in [3.63, 3.8) is 0 Å². The molecule has 5 aromatic carbocycles. The predicted octanol–water partition coefficient (Wildman–Crippen LogP) is 6.70. The second kappa shape index (κ2) is 13.4. The molecular formula is C40H34N2O6S. The monoisotopic (exact) mass is 670 g/mol. The van der Waals surface area contributed by atoms with E-state index in [0.717, 1.165) is 32.7 Å². The van der Waals surface area contributed by atoms with Gasteiger partial charge in [0.25, 0.3) is 5.56 Å². The first-order chi connectivity index (χ1) is 23.9. The summed E-state index contributed by atoms with van der Waals surface area (Å²) in [5, 5.41) is 4.10. The minimum Gasteiger partial charge on any atom is -0.496 e. The zero-order valence-corrected chi connectivity index (χ0v) is 28.4. The Morgan fingerprint density at radius 1 is 0.857 bits per heavy atom. The van der Waals surface area contributed by atoms with Gasteiger partial charge in [0.2, 0.25) is 0 Å². The van der Waals surface area contributed by atoms with Gasteiger partial charge in [0.15, 0.2) is 16.3 Å². The summed E-state index contributed by atoms with van der Waals surface area (Å²) in [4.78, 5) is 33.1. The topological polar surface area (TPSA) is 88.4 Å².